The van der Waals surface area contributed by atoms with Crippen LogP contribution in [0.1, 0.15) is 43.2 Å². The number of aryl methyl sites for hydroxylation is 1. The van der Waals surface area contributed by atoms with Gasteiger partial charge in [-0.05, 0) is 17.9 Å². The van der Waals surface area contributed by atoms with E-state index in [-0.39, 0.29) is 12.0 Å². The summed E-state index contributed by atoms with van der Waals surface area (Å²) in [6, 6.07) is 10.3. The third-order valence-electron chi connectivity index (χ3n) is 4.61. The van der Waals surface area contributed by atoms with E-state index in [1.165, 1.54) is 5.56 Å². The number of amides is 1. The Hall–Kier alpha value is -2.21. The first-order valence-electron chi connectivity index (χ1n) is 8.43. The molecule has 3 rings (SSSR count). The van der Waals surface area contributed by atoms with Gasteiger partial charge in [-0.1, -0.05) is 37.3 Å². The number of rotatable bonds is 5. The number of hydrogen-bond acceptors (Lipinski definition) is 4. The molecule has 1 saturated heterocycles. The average molecular weight is 328 g/mol. The summed E-state index contributed by atoms with van der Waals surface area (Å²) in [4.78, 5) is 14.5. The van der Waals surface area contributed by atoms with E-state index in [0.29, 0.717) is 32.0 Å². The van der Waals surface area contributed by atoms with Crippen molar-refractivity contribution in [3.63, 3.8) is 0 Å². The highest BCUT2D eigenvalue weighted by atomic mass is 16.5. The maximum absolute atomic E-state index is 12.6. The van der Waals surface area contributed by atoms with E-state index < -0.39 is 0 Å². The summed E-state index contributed by atoms with van der Waals surface area (Å²) in [5.74, 6) is 1.34. The SMILES string of the molecule is C[C@@H](CCC(=O)N1CCO[C@H](c2nncn2C)C1)c1ccccc1. The molecule has 0 saturated carbocycles. The molecule has 1 fully saturated rings. The van der Waals surface area contributed by atoms with E-state index in [9.17, 15) is 4.79 Å². The topological polar surface area (TPSA) is 60.3 Å². The molecule has 24 heavy (non-hydrogen) atoms. The Morgan fingerprint density at radius 1 is 1.38 bits per heavy atom. The summed E-state index contributed by atoms with van der Waals surface area (Å²) >= 11 is 0. The number of nitrogens with zero attached hydrogens (tertiary/aromatic N) is 4. The summed E-state index contributed by atoms with van der Waals surface area (Å²) in [5.41, 5.74) is 1.28. The summed E-state index contributed by atoms with van der Waals surface area (Å²) in [7, 11) is 1.89. The third-order valence-corrected chi connectivity index (χ3v) is 4.61. The lowest BCUT2D eigenvalue weighted by Crippen LogP contribution is -2.42. The molecule has 1 aliphatic heterocycles. The summed E-state index contributed by atoms with van der Waals surface area (Å²) in [6.07, 6.45) is 2.87. The molecule has 1 aromatic carbocycles. The maximum Gasteiger partial charge on any atom is 0.222 e. The van der Waals surface area contributed by atoms with E-state index in [0.717, 1.165) is 12.2 Å². The molecule has 6 heteroatoms. The molecule has 0 radical (unpaired) electrons. The molecular weight excluding hydrogens is 304 g/mol. The van der Waals surface area contributed by atoms with Crippen LogP contribution in [0.2, 0.25) is 0 Å². The standard InChI is InChI=1S/C18H24N4O2/c1-14(15-6-4-3-5-7-15)8-9-17(23)22-10-11-24-16(12-22)18-20-19-13-21(18)2/h3-7,13-14,16H,8-12H2,1-2H3/t14-,16-/m0/s1. The first-order valence-corrected chi connectivity index (χ1v) is 8.43. The lowest BCUT2D eigenvalue weighted by Gasteiger charge is -2.32. The third kappa shape index (κ3) is 3.82. The van der Waals surface area contributed by atoms with Gasteiger partial charge in [0.15, 0.2) is 5.82 Å². The van der Waals surface area contributed by atoms with Gasteiger partial charge in [-0.3, -0.25) is 4.79 Å². The zero-order valence-electron chi connectivity index (χ0n) is 14.3. The zero-order valence-corrected chi connectivity index (χ0v) is 14.3. The zero-order chi connectivity index (χ0) is 16.9. The van der Waals surface area contributed by atoms with E-state index in [4.69, 9.17) is 4.74 Å². The monoisotopic (exact) mass is 328 g/mol. The number of benzene rings is 1. The molecule has 6 nitrogen and oxygen atoms in total. The Kier molecular flexibility index (Phi) is 5.25. The van der Waals surface area contributed by atoms with Gasteiger partial charge in [0.1, 0.15) is 12.4 Å². The van der Waals surface area contributed by atoms with Crippen LogP contribution in [0.15, 0.2) is 36.7 Å². The number of carbonyl (C=O) groups excluding carboxylic acids is 1. The number of hydrogen-bond donors (Lipinski definition) is 0. The smallest absolute Gasteiger partial charge is 0.222 e. The molecule has 0 spiro atoms. The molecule has 0 aliphatic carbocycles. The van der Waals surface area contributed by atoms with Gasteiger partial charge in [0.25, 0.3) is 0 Å². The predicted molar refractivity (Wildman–Crippen MR) is 90.4 cm³/mol. The molecule has 2 heterocycles. The predicted octanol–water partition coefficient (Wildman–Crippen LogP) is 2.30. The van der Waals surface area contributed by atoms with Gasteiger partial charge in [-0.25, -0.2) is 0 Å². The van der Waals surface area contributed by atoms with Crippen molar-refractivity contribution in [2.24, 2.45) is 7.05 Å². The van der Waals surface area contributed by atoms with Crippen molar-refractivity contribution < 1.29 is 9.53 Å². The second kappa shape index (κ2) is 7.57. The minimum Gasteiger partial charge on any atom is -0.366 e. The Bertz CT molecular complexity index is 671. The summed E-state index contributed by atoms with van der Waals surface area (Å²) in [5, 5.41) is 7.99. The van der Waals surface area contributed by atoms with Gasteiger partial charge in [-0.2, -0.15) is 0 Å². The van der Waals surface area contributed by atoms with Crippen molar-refractivity contribution >= 4 is 5.91 Å². The molecule has 0 unspecified atom stereocenters. The molecule has 1 aliphatic rings. The first-order chi connectivity index (χ1) is 11.6. The van der Waals surface area contributed by atoms with Crippen LogP contribution in [-0.2, 0) is 16.6 Å². The van der Waals surface area contributed by atoms with Crippen molar-refractivity contribution in [3.05, 3.63) is 48.0 Å². The Labute approximate surface area is 142 Å². The van der Waals surface area contributed by atoms with Crippen LogP contribution in [-0.4, -0.2) is 45.3 Å². The number of ether oxygens (including phenoxy) is 1. The molecule has 1 aromatic heterocycles. The quantitative estimate of drug-likeness (QED) is 0.845. The van der Waals surface area contributed by atoms with Crippen LogP contribution < -0.4 is 0 Å². The van der Waals surface area contributed by atoms with Crippen LogP contribution in [0.3, 0.4) is 0 Å². The van der Waals surface area contributed by atoms with Crippen LogP contribution in [0.25, 0.3) is 0 Å². The second-order valence-electron chi connectivity index (χ2n) is 6.35. The number of aromatic nitrogens is 3. The van der Waals surface area contributed by atoms with Gasteiger partial charge < -0.3 is 14.2 Å². The highest BCUT2D eigenvalue weighted by molar-refractivity contribution is 5.76. The lowest BCUT2D eigenvalue weighted by molar-refractivity contribution is -0.139. The van der Waals surface area contributed by atoms with Gasteiger partial charge in [0, 0.05) is 20.0 Å². The molecule has 2 aromatic rings. The molecule has 2 atom stereocenters. The fourth-order valence-electron chi connectivity index (χ4n) is 3.06. The maximum atomic E-state index is 12.6. The molecule has 0 bridgehead atoms. The lowest BCUT2D eigenvalue weighted by atomic mass is 9.96. The fourth-order valence-corrected chi connectivity index (χ4v) is 3.06. The van der Waals surface area contributed by atoms with Gasteiger partial charge in [0.05, 0.1) is 13.2 Å². The van der Waals surface area contributed by atoms with Crippen molar-refractivity contribution in [3.8, 4) is 0 Å². The van der Waals surface area contributed by atoms with Crippen LogP contribution in [0.4, 0.5) is 0 Å². The van der Waals surface area contributed by atoms with Crippen molar-refractivity contribution in [1.82, 2.24) is 19.7 Å². The molecule has 1 amide bonds. The summed E-state index contributed by atoms with van der Waals surface area (Å²) in [6.45, 7) is 3.90. The van der Waals surface area contributed by atoms with E-state index in [1.54, 1.807) is 6.33 Å². The summed E-state index contributed by atoms with van der Waals surface area (Å²) < 4.78 is 7.60. The van der Waals surface area contributed by atoms with Crippen LogP contribution >= 0.6 is 0 Å². The highest BCUT2D eigenvalue weighted by Gasteiger charge is 2.28. The Morgan fingerprint density at radius 2 is 2.17 bits per heavy atom. The number of carbonyl (C=O) groups is 1. The van der Waals surface area contributed by atoms with Gasteiger partial charge >= 0.3 is 0 Å². The molecular formula is C18H24N4O2. The van der Waals surface area contributed by atoms with Crippen molar-refractivity contribution in [1.29, 1.82) is 0 Å². The highest BCUT2D eigenvalue weighted by Crippen LogP contribution is 2.23. The second-order valence-corrected chi connectivity index (χ2v) is 6.35. The van der Waals surface area contributed by atoms with Gasteiger partial charge in [0.2, 0.25) is 5.91 Å². The number of morpholine rings is 1. The minimum absolute atomic E-state index is 0.188. The Morgan fingerprint density at radius 3 is 2.88 bits per heavy atom. The molecule has 128 valence electrons. The largest absolute Gasteiger partial charge is 0.366 e. The van der Waals surface area contributed by atoms with E-state index >= 15 is 0 Å². The normalized spacial score (nSPS) is 19.2. The van der Waals surface area contributed by atoms with Crippen molar-refractivity contribution in [2.45, 2.75) is 31.8 Å². The average Bonchev–Trinajstić information content (AvgIpc) is 3.06. The first kappa shape index (κ1) is 16.6. The van der Waals surface area contributed by atoms with E-state index in [1.807, 2.05) is 34.7 Å². The van der Waals surface area contributed by atoms with Gasteiger partial charge in [-0.15, -0.1) is 10.2 Å². The minimum atomic E-state index is -0.193. The van der Waals surface area contributed by atoms with E-state index in [2.05, 4.69) is 29.3 Å². The van der Waals surface area contributed by atoms with Crippen LogP contribution in [0, 0.1) is 0 Å². The van der Waals surface area contributed by atoms with Crippen molar-refractivity contribution in [2.75, 3.05) is 19.7 Å². The Balaban J connectivity index is 1.54. The fraction of sp³-hybridized carbons (Fsp3) is 0.500. The molecule has 0 N–H and O–H groups in total. The van der Waals surface area contributed by atoms with Crippen LogP contribution in [0.5, 0.6) is 0 Å².